The molecular formula is C20H21ClN4O4. The van der Waals surface area contributed by atoms with Gasteiger partial charge in [-0.25, -0.2) is 4.79 Å². The summed E-state index contributed by atoms with van der Waals surface area (Å²) in [6, 6.07) is 8.22. The molecular weight excluding hydrogens is 396 g/mol. The van der Waals surface area contributed by atoms with Crippen LogP contribution in [0.2, 0.25) is 5.02 Å². The minimum atomic E-state index is -0.695. The van der Waals surface area contributed by atoms with Crippen molar-refractivity contribution in [1.29, 1.82) is 0 Å². The van der Waals surface area contributed by atoms with Crippen LogP contribution in [0.3, 0.4) is 0 Å². The van der Waals surface area contributed by atoms with E-state index in [1.807, 2.05) is 0 Å². The average Bonchev–Trinajstić information content (AvgIpc) is 3.42. The number of benzene rings is 1. The molecule has 1 aromatic carbocycles. The summed E-state index contributed by atoms with van der Waals surface area (Å²) in [5.41, 5.74) is 0.231. The number of nitrogens with zero attached hydrogens (tertiary/aromatic N) is 2. The summed E-state index contributed by atoms with van der Waals surface area (Å²) in [6.07, 6.45) is 3.76. The zero-order valence-corrected chi connectivity index (χ0v) is 16.5. The van der Waals surface area contributed by atoms with Crippen LogP contribution in [0.1, 0.15) is 42.6 Å². The molecule has 8 nitrogen and oxygen atoms in total. The van der Waals surface area contributed by atoms with E-state index in [1.54, 1.807) is 30.3 Å². The molecule has 1 saturated heterocycles. The molecule has 4 rings (SSSR count). The van der Waals surface area contributed by atoms with E-state index in [9.17, 15) is 14.4 Å². The lowest BCUT2D eigenvalue weighted by atomic mass is 9.98. The number of imide groups is 1. The number of rotatable bonds is 6. The molecule has 1 saturated carbocycles. The lowest BCUT2D eigenvalue weighted by Crippen LogP contribution is -2.44. The summed E-state index contributed by atoms with van der Waals surface area (Å²) in [5.74, 6) is -0.0538. The fourth-order valence-corrected chi connectivity index (χ4v) is 3.98. The van der Waals surface area contributed by atoms with Crippen LogP contribution in [-0.4, -0.2) is 46.5 Å². The third-order valence-electron chi connectivity index (χ3n) is 5.42. The van der Waals surface area contributed by atoms with Gasteiger partial charge in [0, 0.05) is 29.7 Å². The zero-order chi connectivity index (χ0) is 20.4. The first-order chi connectivity index (χ1) is 14.0. The van der Waals surface area contributed by atoms with Crippen LogP contribution in [0.25, 0.3) is 11.3 Å². The van der Waals surface area contributed by atoms with Crippen molar-refractivity contribution in [1.82, 2.24) is 20.7 Å². The van der Waals surface area contributed by atoms with Crippen molar-refractivity contribution in [3.8, 4) is 11.3 Å². The fraction of sp³-hybridized carbons (Fsp3) is 0.400. The number of halogens is 1. The van der Waals surface area contributed by atoms with Gasteiger partial charge >= 0.3 is 6.03 Å². The monoisotopic (exact) mass is 416 g/mol. The van der Waals surface area contributed by atoms with Crippen LogP contribution < -0.4 is 10.6 Å². The highest BCUT2D eigenvalue weighted by molar-refractivity contribution is 6.30. The van der Waals surface area contributed by atoms with E-state index in [1.165, 1.54) is 4.90 Å². The van der Waals surface area contributed by atoms with Crippen LogP contribution in [0.4, 0.5) is 4.79 Å². The molecule has 0 radical (unpaired) electrons. The summed E-state index contributed by atoms with van der Waals surface area (Å²) >= 11 is 5.87. The lowest BCUT2D eigenvalue weighted by molar-refractivity contribution is -0.131. The van der Waals surface area contributed by atoms with Gasteiger partial charge in [-0.2, -0.15) is 0 Å². The van der Waals surface area contributed by atoms with Crippen molar-refractivity contribution in [2.24, 2.45) is 0 Å². The second-order valence-corrected chi connectivity index (χ2v) is 7.81. The van der Waals surface area contributed by atoms with Crippen LogP contribution in [-0.2, 0) is 4.79 Å². The van der Waals surface area contributed by atoms with Gasteiger partial charge in [0.15, 0.2) is 11.5 Å². The molecule has 0 unspecified atom stereocenters. The lowest BCUT2D eigenvalue weighted by Gasteiger charge is -2.20. The van der Waals surface area contributed by atoms with Crippen molar-refractivity contribution >= 4 is 29.4 Å². The topological polar surface area (TPSA) is 105 Å². The molecule has 2 N–H and O–H groups in total. The van der Waals surface area contributed by atoms with Gasteiger partial charge in [0.2, 0.25) is 0 Å². The quantitative estimate of drug-likeness (QED) is 0.556. The van der Waals surface area contributed by atoms with Gasteiger partial charge in [-0.1, -0.05) is 29.6 Å². The Kier molecular flexibility index (Phi) is 5.27. The molecule has 2 aromatic rings. The van der Waals surface area contributed by atoms with E-state index in [0.717, 1.165) is 18.4 Å². The van der Waals surface area contributed by atoms with Crippen LogP contribution in [0, 0.1) is 0 Å². The van der Waals surface area contributed by atoms with Crippen molar-refractivity contribution in [2.75, 3.05) is 13.1 Å². The predicted molar refractivity (Wildman–Crippen MR) is 105 cm³/mol. The molecule has 2 aliphatic rings. The van der Waals surface area contributed by atoms with E-state index < -0.39 is 5.54 Å². The van der Waals surface area contributed by atoms with Crippen molar-refractivity contribution in [3.05, 3.63) is 41.0 Å². The number of hydrogen-bond acceptors (Lipinski definition) is 5. The first-order valence-electron chi connectivity index (χ1n) is 9.63. The second-order valence-electron chi connectivity index (χ2n) is 7.37. The van der Waals surface area contributed by atoms with Gasteiger partial charge in [-0.3, -0.25) is 14.5 Å². The Morgan fingerprint density at radius 3 is 2.69 bits per heavy atom. The molecule has 9 heteroatoms. The van der Waals surface area contributed by atoms with E-state index >= 15 is 0 Å². The fourth-order valence-electron chi connectivity index (χ4n) is 3.86. The van der Waals surface area contributed by atoms with Crippen LogP contribution >= 0.6 is 11.6 Å². The maximum absolute atomic E-state index is 12.6. The van der Waals surface area contributed by atoms with Gasteiger partial charge in [0.25, 0.3) is 11.8 Å². The normalized spacial score (nSPS) is 17.8. The Morgan fingerprint density at radius 2 is 1.97 bits per heavy atom. The minimum absolute atomic E-state index is 0.143. The highest BCUT2D eigenvalue weighted by Gasteiger charge is 2.51. The highest BCUT2D eigenvalue weighted by Crippen LogP contribution is 2.35. The Labute approximate surface area is 172 Å². The Balaban J connectivity index is 1.27. The summed E-state index contributed by atoms with van der Waals surface area (Å²) in [6.45, 7) is 0.577. The molecule has 1 aliphatic heterocycles. The van der Waals surface area contributed by atoms with Gasteiger partial charge in [0.05, 0.1) is 0 Å². The Morgan fingerprint density at radius 1 is 1.24 bits per heavy atom. The van der Waals surface area contributed by atoms with Crippen molar-refractivity contribution in [2.45, 2.75) is 37.6 Å². The maximum Gasteiger partial charge on any atom is 0.325 e. The van der Waals surface area contributed by atoms with Crippen molar-refractivity contribution < 1.29 is 18.9 Å². The number of nitrogens with one attached hydrogen (secondary N) is 2. The molecule has 1 aromatic heterocycles. The van der Waals surface area contributed by atoms with Crippen molar-refractivity contribution in [3.63, 3.8) is 0 Å². The molecule has 2 heterocycles. The molecule has 1 spiro atoms. The Bertz CT molecular complexity index is 934. The van der Waals surface area contributed by atoms with E-state index in [0.29, 0.717) is 36.6 Å². The molecule has 29 heavy (non-hydrogen) atoms. The minimum Gasteiger partial charge on any atom is -0.355 e. The largest absolute Gasteiger partial charge is 0.355 e. The second kappa shape index (κ2) is 7.87. The number of carbonyl (C=O) groups is 3. The van der Waals surface area contributed by atoms with Gasteiger partial charge < -0.3 is 15.2 Å². The standard InChI is InChI=1S/C20H21ClN4O4/c21-14-6-4-13(5-7-14)16-12-15(24-29-16)17(26)22-10-3-11-25-18(27)20(23-19(25)28)8-1-2-9-20/h4-7,12H,1-3,8-11H2,(H,22,26)(H,23,28). The summed E-state index contributed by atoms with van der Waals surface area (Å²) in [4.78, 5) is 38.2. The molecule has 0 bridgehead atoms. The highest BCUT2D eigenvalue weighted by atomic mass is 35.5. The molecule has 4 amide bonds. The summed E-state index contributed by atoms with van der Waals surface area (Å²) in [5, 5.41) is 9.98. The number of carbonyl (C=O) groups excluding carboxylic acids is 3. The predicted octanol–water partition coefficient (Wildman–Crippen LogP) is 2.98. The number of urea groups is 1. The zero-order valence-electron chi connectivity index (χ0n) is 15.7. The van der Waals surface area contributed by atoms with Gasteiger partial charge in [-0.05, 0) is 43.5 Å². The molecule has 152 valence electrons. The van der Waals surface area contributed by atoms with E-state index in [4.69, 9.17) is 16.1 Å². The molecule has 2 fully saturated rings. The smallest absolute Gasteiger partial charge is 0.325 e. The molecule has 0 atom stereocenters. The third-order valence-corrected chi connectivity index (χ3v) is 5.67. The first-order valence-corrected chi connectivity index (χ1v) is 10.0. The van der Waals surface area contributed by atoms with Crippen LogP contribution in [0.15, 0.2) is 34.9 Å². The van der Waals surface area contributed by atoms with E-state index in [2.05, 4.69) is 15.8 Å². The van der Waals surface area contributed by atoms with Crippen LogP contribution in [0.5, 0.6) is 0 Å². The number of aromatic nitrogens is 1. The van der Waals surface area contributed by atoms with Gasteiger partial charge in [-0.15, -0.1) is 0 Å². The average molecular weight is 417 g/mol. The number of hydrogen-bond donors (Lipinski definition) is 2. The van der Waals surface area contributed by atoms with E-state index in [-0.39, 0.29) is 30.1 Å². The Hall–Kier alpha value is -2.87. The summed E-state index contributed by atoms with van der Waals surface area (Å²) < 4.78 is 5.22. The first kappa shape index (κ1) is 19.4. The summed E-state index contributed by atoms with van der Waals surface area (Å²) in [7, 11) is 0. The third kappa shape index (κ3) is 3.85. The SMILES string of the molecule is O=C(NCCCN1C(=O)NC2(CCCC2)C1=O)c1cc(-c2ccc(Cl)cc2)on1. The van der Waals surface area contributed by atoms with Gasteiger partial charge in [0.1, 0.15) is 5.54 Å². The maximum atomic E-state index is 12.6. The molecule has 1 aliphatic carbocycles. The number of amides is 4.